The van der Waals surface area contributed by atoms with Gasteiger partial charge in [-0.05, 0) is 36.6 Å². The maximum Gasteiger partial charge on any atom is 0.229 e. The average Bonchev–Trinajstić information content (AvgIpc) is 2.87. The quantitative estimate of drug-likeness (QED) is 0.558. The average molecular weight is 464 g/mol. The van der Waals surface area contributed by atoms with Crippen molar-refractivity contribution in [2.24, 2.45) is 0 Å². The van der Waals surface area contributed by atoms with Gasteiger partial charge < -0.3 is 14.4 Å². The number of carbonyl (C=O) groups is 1. The second kappa shape index (κ2) is 10.2. The summed E-state index contributed by atoms with van der Waals surface area (Å²) in [6.45, 7) is 2.65. The molecular formula is C26H29N3O3S. The van der Waals surface area contributed by atoms with Crippen molar-refractivity contribution in [2.75, 3.05) is 31.7 Å². The first-order valence-electron chi connectivity index (χ1n) is 11.2. The maximum absolute atomic E-state index is 13.2. The van der Waals surface area contributed by atoms with E-state index in [2.05, 4.69) is 42.2 Å². The molecule has 0 N–H and O–H groups in total. The van der Waals surface area contributed by atoms with Crippen LogP contribution < -0.4 is 14.4 Å². The number of carbonyl (C=O) groups excluding carboxylic acids is 1. The molecule has 2 heterocycles. The number of benzene rings is 2. The minimum atomic E-state index is -0.327. The van der Waals surface area contributed by atoms with Gasteiger partial charge >= 0.3 is 0 Å². The Morgan fingerprint density at radius 2 is 1.94 bits per heavy atom. The molecule has 0 spiro atoms. The van der Waals surface area contributed by atoms with Crippen molar-refractivity contribution in [1.29, 1.82) is 5.26 Å². The molecule has 172 valence electrons. The zero-order valence-corrected chi connectivity index (χ0v) is 20.2. The molecule has 0 saturated carbocycles. The zero-order chi connectivity index (χ0) is 23.4. The number of anilines is 1. The summed E-state index contributed by atoms with van der Waals surface area (Å²) in [5.41, 5.74) is 3.88. The number of methoxy groups -OCH3 is 2. The van der Waals surface area contributed by atoms with Crippen LogP contribution in [0.1, 0.15) is 43.2 Å². The number of thioether (sulfide) groups is 1. The highest BCUT2D eigenvalue weighted by Crippen LogP contribution is 2.45. The Hall–Kier alpha value is -3.11. The summed E-state index contributed by atoms with van der Waals surface area (Å²) in [6, 6.07) is 16.5. The number of hydrogen-bond acceptors (Lipinski definition) is 6. The van der Waals surface area contributed by atoms with E-state index in [1.807, 2.05) is 12.1 Å². The highest BCUT2D eigenvalue weighted by Gasteiger charge is 2.39. The molecule has 2 aliphatic heterocycles. The van der Waals surface area contributed by atoms with Crippen LogP contribution in [0.2, 0.25) is 0 Å². The molecule has 0 aliphatic carbocycles. The lowest BCUT2D eigenvalue weighted by molar-refractivity contribution is -0.129. The van der Waals surface area contributed by atoms with Gasteiger partial charge in [-0.25, -0.2) is 0 Å². The molecule has 7 heteroatoms. The number of nitriles is 1. The van der Waals surface area contributed by atoms with E-state index in [0.29, 0.717) is 29.6 Å². The predicted octanol–water partition coefficient (Wildman–Crippen LogP) is 5.27. The van der Waals surface area contributed by atoms with Crippen LogP contribution in [0.5, 0.6) is 11.5 Å². The van der Waals surface area contributed by atoms with Crippen LogP contribution in [-0.2, 0) is 11.2 Å². The van der Waals surface area contributed by atoms with Gasteiger partial charge in [-0.3, -0.25) is 9.69 Å². The molecule has 0 unspecified atom stereocenters. The monoisotopic (exact) mass is 463 g/mol. The van der Waals surface area contributed by atoms with Gasteiger partial charge in [0.05, 0.1) is 43.4 Å². The van der Waals surface area contributed by atoms with Crippen LogP contribution in [-0.4, -0.2) is 37.6 Å². The number of allylic oxidation sites excluding steroid dienone is 1. The number of rotatable bonds is 7. The fourth-order valence-corrected chi connectivity index (χ4v) is 5.52. The number of amides is 1. The Kier molecular flexibility index (Phi) is 7.14. The smallest absolute Gasteiger partial charge is 0.229 e. The van der Waals surface area contributed by atoms with E-state index in [1.54, 1.807) is 36.9 Å². The van der Waals surface area contributed by atoms with Gasteiger partial charge in [0.25, 0.3) is 0 Å². The Morgan fingerprint density at radius 3 is 2.61 bits per heavy atom. The second-order valence-electron chi connectivity index (χ2n) is 8.24. The van der Waals surface area contributed by atoms with E-state index in [-0.39, 0.29) is 18.2 Å². The van der Waals surface area contributed by atoms with Crippen LogP contribution in [0, 0.1) is 11.3 Å². The van der Waals surface area contributed by atoms with Gasteiger partial charge in [0, 0.05) is 29.7 Å². The van der Waals surface area contributed by atoms with Gasteiger partial charge in [-0.2, -0.15) is 5.26 Å². The fraction of sp³-hybridized carbons (Fsp3) is 0.385. The van der Waals surface area contributed by atoms with Crippen LogP contribution in [0.25, 0.3) is 0 Å². The van der Waals surface area contributed by atoms with E-state index in [1.165, 1.54) is 18.4 Å². The fourth-order valence-electron chi connectivity index (χ4n) is 4.35. The Balaban J connectivity index is 1.59. The highest BCUT2D eigenvalue weighted by molar-refractivity contribution is 8.03. The van der Waals surface area contributed by atoms with Crippen molar-refractivity contribution in [3.05, 3.63) is 64.2 Å². The lowest BCUT2D eigenvalue weighted by Gasteiger charge is -2.42. The number of hydrogen-bond donors (Lipinski definition) is 0. The summed E-state index contributed by atoms with van der Waals surface area (Å²) in [7, 11) is 3.19. The number of fused-ring (bicyclic) bond motifs is 1. The molecule has 1 amide bonds. The lowest BCUT2D eigenvalue weighted by atomic mass is 9.86. The summed E-state index contributed by atoms with van der Waals surface area (Å²) in [4.78, 5) is 17.2. The highest BCUT2D eigenvalue weighted by atomic mass is 32.2. The maximum atomic E-state index is 13.2. The number of nitrogens with zero attached hydrogens (tertiary/aromatic N) is 3. The molecule has 2 aromatic carbocycles. The molecule has 1 atom stereocenters. The van der Waals surface area contributed by atoms with Crippen LogP contribution in [0.3, 0.4) is 0 Å². The normalized spacial score (nSPS) is 18.1. The molecule has 2 aliphatic rings. The summed E-state index contributed by atoms with van der Waals surface area (Å²) < 4.78 is 10.9. The van der Waals surface area contributed by atoms with E-state index >= 15 is 0 Å². The van der Waals surface area contributed by atoms with Crippen LogP contribution in [0.4, 0.5) is 5.69 Å². The molecule has 1 fully saturated rings. The topological polar surface area (TPSA) is 65.8 Å². The molecule has 6 nitrogen and oxygen atoms in total. The molecular weight excluding hydrogens is 434 g/mol. The number of aryl methyl sites for hydroxylation is 1. The van der Waals surface area contributed by atoms with E-state index in [0.717, 1.165) is 22.7 Å². The summed E-state index contributed by atoms with van der Waals surface area (Å²) in [5, 5.41) is 10.8. The molecule has 1 saturated heterocycles. The van der Waals surface area contributed by atoms with Crippen molar-refractivity contribution >= 4 is 23.4 Å². The Labute approximate surface area is 199 Å². The Morgan fingerprint density at radius 1 is 1.15 bits per heavy atom. The first-order valence-corrected chi connectivity index (χ1v) is 12.2. The third kappa shape index (κ3) is 4.67. The SMILES string of the molecule is CCCCc1ccc(N2CSC3=C(C#N)[C@@H](c4ccc(OC)cc4OC)CC(=O)N3C2)cc1. The number of unbranched alkanes of at least 4 members (excludes halogenated alkanes) is 1. The van der Waals surface area contributed by atoms with Gasteiger partial charge in [-0.1, -0.05) is 43.3 Å². The van der Waals surface area contributed by atoms with Crippen molar-refractivity contribution in [1.82, 2.24) is 4.90 Å². The molecule has 33 heavy (non-hydrogen) atoms. The molecule has 4 rings (SSSR count). The Bertz CT molecular complexity index is 1090. The van der Waals surface area contributed by atoms with E-state index in [9.17, 15) is 10.1 Å². The number of ether oxygens (including phenoxy) is 2. The zero-order valence-electron chi connectivity index (χ0n) is 19.3. The standard InChI is InChI=1S/C26H29N3O3S/c1-4-5-6-18-7-9-19(10-8-18)28-16-29-25(30)14-22(23(15-27)26(29)33-17-28)21-12-11-20(31-2)13-24(21)32-3/h7-13,22H,4-6,14,16-17H2,1-3H3/t22-/m1/s1. The van der Waals surface area contributed by atoms with E-state index < -0.39 is 0 Å². The minimum Gasteiger partial charge on any atom is -0.497 e. The lowest BCUT2D eigenvalue weighted by Crippen LogP contribution is -2.47. The predicted molar refractivity (Wildman–Crippen MR) is 131 cm³/mol. The molecule has 0 bridgehead atoms. The minimum absolute atomic E-state index is 0.0173. The van der Waals surface area contributed by atoms with Gasteiger partial charge in [0.2, 0.25) is 5.91 Å². The van der Waals surface area contributed by atoms with Crippen LogP contribution >= 0.6 is 11.8 Å². The third-order valence-corrected chi connectivity index (χ3v) is 7.38. The van der Waals surface area contributed by atoms with Crippen molar-refractivity contribution in [3.8, 4) is 17.6 Å². The summed E-state index contributed by atoms with van der Waals surface area (Å²) >= 11 is 1.55. The summed E-state index contributed by atoms with van der Waals surface area (Å²) in [6.07, 6.45) is 3.69. The van der Waals surface area contributed by atoms with Gasteiger partial charge in [0.15, 0.2) is 0 Å². The third-order valence-electron chi connectivity index (χ3n) is 6.23. The van der Waals surface area contributed by atoms with Crippen molar-refractivity contribution in [3.63, 3.8) is 0 Å². The molecule has 0 aromatic heterocycles. The van der Waals surface area contributed by atoms with E-state index in [4.69, 9.17) is 9.47 Å². The molecule has 2 aromatic rings. The van der Waals surface area contributed by atoms with Gasteiger partial charge in [0.1, 0.15) is 11.5 Å². The summed E-state index contributed by atoms with van der Waals surface area (Å²) in [5.74, 6) is 1.68. The first kappa shape index (κ1) is 23.1. The first-order chi connectivity index (χ1) is 16.1. The van der Waals surface area contributed by atoms with Crippen molar-refractivity contribution in [2.45, 2.75) is 38.5 Å². The van der Waals surface area contributed by atoms with Gasteiger partial charge in [-0.15, -0.1) is 0 Å². The molecule has 0 radical (unpaired) electrons. The van der Waals surface area contributed by atoms with Crippen LogP contribution in [0.15, 0.2) is 53.1 Å². The second-order valence-corrected chi connectivity index (χ2v) is 9.18. The largest absolute Gasteiger partial charge is 0.497 e. The van der Waals surface area contributed by atoms with Crippen molar-refractivity contribution < 1.29 is 14.3 Å².